The highest BCUT2D eigenvalue weighted by molar-refractivity contribution is 5.78. The zero-order valence-corrected chi connectivity index (χ0v) is 12.4. The number of ether oxygens (including phenoxy) is 3. The van der Waals surface area contributed by atoms with Crippen LogP contribution < -0.4 is 9.47 Å². The van der Waals surface area contributed by atoms with Crippen molar-refractivity contribution in [2.45, 2.75) is 13.0 Å². The van der Waals surface area contributed by atoms with Gasteiger partial charge in [0.1, 0.15) is 0 Å². The lowest BCUT2D eigenvalue weighted by Crippen LogP contribution is -2.43. The van der Waals surface area contributed by atoms with E-state index in [0.717, 1.165) is 5.56 Å². The number of morpholine rings is 1. The standard InChI is InChI=1S/C15H21NO5/c1-11(17)12-3-4-13(14(9-12)19-2)21-10-15(18)16-5-7-20-8-6-16/h3-4,9,11,17H,5-8,10H2,1-2H3/t11-/m0/s1. The average Bonchev–Trinajstić information content (AvgIpc) is 2.53. The molecule has 1 fully saturated rings. The van der Waals surface area contributed by atoms with Crippen LogP contribution in [0.2, 0.25) is 0 Å². The number of amides is 1. The molecule has 116 valence electrons. The minimum atomic E-state index is -0.581. The van der Waals surface area contributed by atoms with Crippen molar-refractivity contribution < 1.29 is 24.1 Å². The molecule has 0 aliphatic carbocycles. The van der Waals surface area contributed by atoms with Crippen molar-refractivity contribution >= 4 is 5.91 Å². The number of hydrogen-bond acceptors (Lipinski definition) is 5. The number of aliphatic hydroxyl groups excluding tert-OH is 1. The first-order valence-corrected chi connectivity index (χ1v) is 6.96. The van der Waals surface area contributed by atoms with Crippen molar-refractivity contribution in [3.05, 3.63) is 23.8 Å². The fraction of sp³-hybridized carbons (Fsp3) is 0.533. The van der Waals surface area contributed by atoms with Gasteiger partial charge in [-0.2, -0.15) is 0 Å². The molecule has 0 bridgehead atoms. The molecule has 1 aliphatic heterocycles. The normalized spacial score (nSPS) is 16.4. The smallest absolute Gasteiger partial charge is 0.260 e. The Morgan fingerprint density at radius 1 is 1.38 bits per heavy atom. The lowest BCUT2D eigenvalue weighted by Gasteiger charge is -2.26. The number of carbonyl (C=O) groups excluding carboxylic acids is 1. The SMILES string of the molecule is COc1cc([C@H](C)O)ccc1OCC(=O)N1CCOCC1. The Hall–Kier alpha value is -1.79. The molecule has 6 nitrogen and oxygen atoms in total. The zero-order chi connectivity index (χ0) is 15.2. The monoisotopic (exact) mass is 295 g/mol. The number of benzene rings is 1. The fourth-order valence-corrected chi connectivity index (χ4v) is 2.11. The molecule has 1 atom stereocenters. The highest BCUT2D eigenvalue weighted by Gasteiger charge is 2.18. The molecule has 1 aromatic carbocycles. The van der Waals surface area contributed by atoms with Crippen molar-refractivity contribution in [2.75, 3.05) is 40.0 Å². The third-order valence-electron chi connectivity index (χ3n) is 3.39. The lowest BCUT2D eigenvalue weighted by atomic mass is 10.1. The van der Waals surface area contributed by atoms with E-state index in [1.807, 2.05) is 0 Å². The van der Waals surface area contributed by atoms with E-state index in [9.17, 15) is 9.90 Å². The summed E-state index contributed by atoms with van der Waals surface area (Å²) in [6.45, 7) is 3.97. The Morgan fingerprint density at radius 2 is 2.10 bits per heavy atom. The predicted molar refractivity (Wildman–Crippen MR) is 76.5 cm³/mol. The molecule has 6 heteroatoms. The number of methoxy groups -OCH3 is 1. The van der Waals surface area contributed by atoms with Gasteiger partial charge in [0.15, 0.2) is 18.1 Å². The van der Waals surface area contributed by atoms with Crippen LogP contribution in [0.4, 0.5) is 0 Å². The van der Waals surface area contributed by atoms with Crippen LogP contribution in [0.25, 0.3) is 0 Å². The first-order chi connectivity index (χ1) is 10.1. The summed E-state index contributed by atoms with van der Waals surface area (Å²) in [7, 11) is 1.53. The minimum absolute atomic E-state index is 0.0373. The van der Waals surface area contributed by atoms with Crippen molar-refractivity contribution in [3.8, 4) is 11.5 Å². The van der Waals surface area contributed by atoms with E-state index in [1.54, 1.807) is 30.0 Å². The van der Waals surface area contributed by atoms with Crippen LogP contribution in [0.3, 0.4) is 0 Å². The highest BCUT2D eigenvalue weighted by Crippen LogP contribution is 2.30. The Bertz CT molecular complexity index is 483. The summed E-state index contributed by atoms with van der Waals surface area (Å²) in [4.78, 5) is 13.7. The molecular formula is C15H21NO5. The molecule has 2 rings (SSSR count). The molecule has 1 aliphatic rings. The molecule has 0 unspecified atom stereocenters. The number of carbonyl (C=O) groups is 1. The van der Waals surface area contributed by atoms with Gasteiger partial charge in [-0.1, -0.05) is 6.07 Å². The Labute approximate surface area is 124 Å². The van der Waals surface area contributed by atoms with Gasteiger partial charge in [0.05, 0.1) is 26.4 Å². The number of nitrogens with zero attached hydrogens (tertiary/aromatic N) is 1. The van der Waals surface area contributed by atoms with Gasteiger partial charge in [-0.25, -0.2) is 0 Å². The second-order valence-corrected chi connectivity index (χ2v) is 4.87. The van der Waals surface area contributed by atoms with Gasteiger partial charge in [0.25, 0.3) is 5.91 Å². The Kier molecular flexibility index (Phi) is 5.41. The predicted octanol–water partition coefficient (Wildman–Crippen LogP) is 0.986. The van der Waals surface area contributed by atoms with E-state index >= 15 is 0 Å². The molecule has 1 N–H and O–H groups in total. The summed E-state index contributed by atoms with van der Waals surface area (Å²) in [6, 6.07) is 5.16. The molecule has 0 spiro atoms. The third kappa shape index (κ3) is 4.09. The summed E-state index contributed by atoms with van der Waals surface area (Å²) >= 11 is 0. The Morgan fingerprint density at radius 3 is 2.71 bits per heavy atom. The van der Waals surface area contributed by atoms with Crippen molar-refractivity contribution in [2.24, 2.45) is 0 Å². The van der Waals surface area contributed by atoms with E-state index in [-0.39, 0.29) is 12.5 Å². The number of rotatable bonds is 5. The summed E-state index contributed by atoms with van der Waals surface area (Å²) in [5.41, 5.74) is 0.735. The zero-order valence-electron chi connectivity index (χ0n) is 12.4. The van der Waals surface area contributed by atoms with Gasteiger partial charge in [-0.15, -0.1) is 0 Å². The molecular weight excluding hydrogens is 274 g/mol. The second kappa shape index (κ2) is 7.28. The lowest BCUT2D eigenvalue weighted by molar-refractivity contribution is -0.137. The maximum atomic E-state index is 12.0. The Balaban J connectivity index is 1.97. The molecule has 1 saturated heterocycles. The summed E-state index contributed by atoms with van der Waals surface area (Å²) in [5, 5.41) is 9.55. The van der Waals surface area contributed by atoms with Crippen LogP contribution in [0.15, 0.2) is 18.2 Å². The van der Waals surface area contributed by atoms with Gasteiger partial charge in [0.2, 0.25) is 0 Å². The van der Waals surface area contributed by atoms with Crippen LogP contribution >= 0.6 is 0 Å². The van der Waals surface area contributed by atoms with Gasteiger partial charge in [-0.3, -0.25) is 4.79 Å². The van der Waals surface area contributed by atoms with E-state index < -0.39 is 6.10 Å². The molecule has 1 amide bonds. The van der Waals surface area contributed by atoms with Gasteiger partial charge >= 0.3 is 0 Å². The van der Waals surface area contributed by atoms with Gasteiger partial charge in [0, 0.05) is 13.1 Å². The summed E-state index contributed by atoms with van der Waals surface area (Å²) in [6.07, 6.45) is -0.581. The number of hydrogen-bond donors (Lipinski definition) is 1. The third-order valence-corrected chi connectivity index (χ3v) is 3.39. The minimum Gasteiger partial charge on any atom is -0.493 e. The largest absolute Gasteiger partial charge is 0.493 e. The summed E-state index contributed by atoms with van der Waals surface area (Å²) < 4.78 is 16.0. The molecule has 0 aromatic heterocycles. The summed E-state index contributed by atoms with van der Waals surface area (Å²) in [5.74, 6) is 0.923. The maximum Gasteiger partial charge on any atom is 0.260 e. The van der Waals surface area contributed by atoms with Crippen LogP contribution in [0, 0.1) is 0 Å². The van der Waals surface area contributed by atoms with E-state index in [1.165, 1.54) is 7.11 Å². The highest BCUT2D eigenvalue weighted by atomic mass is 16.5. The number of aliphatic hydroxyl groups is 1. The molecule has 1 heterocycles. The van der Waals surface area contributed by atoms with Crippen LogP contribution in [-0.4, -0.2) is 55.9 Å². The maximum absolute atomic E-state index is 12.0. The average molecular weight is 295 g/mol. The van der Waals surface area contributed by atoms with E-state index in [2.05, 4.69) is 0 Å². The van der Waals surface area contributed by atoms with E-state index in [0.29, 0.717) is 37.8 Å². The van der Waals surface area contributed by atoms with Crippen molar-refractivity contribution in [1.29, 1.82) is 0 Å². The van der Waals surface area contributed by atoms with Crippen molar-refractivity contribution in [1.82, 2.24) is 4.90 Å². The molecule has 21 heavy (non-hydrogen) atoms. The van der Waals surface area contributed by atoms with E-state index in [4.69, 9.17) is 14.2 Å². The topological polar surface area (TPSA) is 68.2 Å². The quantitative estimate of drug-likeness (QED) is 0.877. The fourth-order valence-electron chi connectivity index (χ4n) is 2.11. The van der Waals surface area contributed by atoms with Crippen LogP contribution in [-0.2, 0) is 9.53 Å². The first kappa shape index (κ1) is 15.6. The molecule has 0 saturated carbocycles. The first-order valence-electron chi connectivity index (χ1n) is 6.96. The second-order valence-electron chi connectivity index (χ2n) is 4.87. The van der Waals surface area contributed by atoms with Gasteiger partial charge < -0.3 is 24.2 Å². The molecule has 1 aromatic rings. The van der Waals surface area contributed by atoms with Gasteiger partial charge in [-0.05, 0) is 24.6 Å². The molecule has 0 radical (unpaired) electrons. The van der Waals surface area contributed by atoms with Crippen LogP contribution in [0.1, 0.15) is 18.6 Å². The van der Waals surface area contributed by atoms with Crippen LogP contribution in [0.5, 0.6) is 11.5 Å². The van der Waals surface area contributed by atoms with Crippen molar-refractivity contribution in [3.63, 3.8) is 0 Å².